The van der Waals surface area contributed by atoms with Crippen molar-refractivity contribution in [3.63, 3.8) is 0 Å². The van der Waals surface area contributed by atoms with Crippen molar-refractivity contribution in [2.45, 2.75) is 83.5 Å². The molecule has 0 amide bonds. The third-order valence-electron chi connectivity index (χ3n) is 5.40. The first-order valence-corrected chi connectivity index (χ1v) is 10.3. The molecular formula is C22H35NO2. The van der Waals surface area contributed by atoms with E-state index in [0.29, 0.717) is 6.42 Å². The van der Waals surface area contributed by atoms with E-state index in [0.717, 1.165) is 18.9 Å². The smallest absolute Gasteiger partial charge is 0.303 e. The molecule has 0 unspecified atom stereocenters. The normalized spacial score (nSPS) is 15.2. The molecule has 0 radical (unpaired) electrons. The van der Waals surface area contributed by atoms with E-state index in [1.54, 1.807) is 0 Å². The molecule has 0 saturated heterocycles. The Morgan fingerprint density at radius 2 is 1.68 bits per heavy atom. The molecule has 3 nitrogen and oxygen atoms in total. The van der Waals surface area contributed by atoms with Crippen molar-refractivity contribution in [1.82, 2.24) is 0 Å². The summed E-state index contributed by atoms with van der Waals surface area (Å²) in [5.41, 5.74) is 2.39. The molecule has 25 heavy (non-hydrogen) atoms. The Balaban J connectivity index is 1.48. The molecule has 2 rings (SSSR count). The van der Waals surface area contributed by atoms with E-state index in [-0.39, 0.29) is 6.42 Å². The maximum atomic E-state index is 10.5. The Bertz CT molecular complexity index is 477. The number of rotatable bonds is 12. The Hall–Kier alpha value is -1.51. The first-order chi connectivity index (χ1) is 12.2. The first kappa shape index (κ1) is 19.8. The maximum Gasteiger partial charge on any atom is 0.303 e. The molecular weight excluding hydrogens is 310 g/mol. The highest BCUT2D eigenvalue weighted by molar-refractivity contribution is 5.66. The van der Waals surface area contributed by atoms with Gasteiger partial charge in [0.15, 0.2) is 0 Å². The zero-order valence-electron chi connectivity index (χ0n) is 15.6. The summed E-state index contributed by atoms with van der Waals surface area (Å²) in [7, 11) is 0. The first-order valence-electron chi connectivity index (χ1n) is 10.3. The van der Waals surface area contributed by atoms with Crippen LogP contribution in [0.3, 0.4) is 0 Å². The number of nitrogens with one attached hydrogen (secondary N) is 1. The maximum absolute atomic E-state index is 10.5. The quantitative estimate of drug-likeness (QED) is 0.454. The van der Waals surface area contributed by atoms with Crippen LogP contribution in [0, 0.1) is 5.92 Å². The van der Waals surface area contributed by atoms with Crippen LogP contribution in [0.4, 0.5) is 5.69 Å². The predicted octanol–water partition coefficient (Wildman–Crippen LogP) is 6.04. The summed E-state index contributed by atoms with van der Waals surface area (Å²) in [5, 5.41) is 12.2. The van der Waals surface area contributed by atoms with Crippen LogP contribution < -0.4 is 5.32 Å². The molecule has 0 spiro atoms. The van der Waals surface area contributed by atoms with E-state index >= 15 is 0 Å². The van der Waals surface area contributed by atoms with Gasteiger partial charge in [0.25, 0.3) is 0 Å². The summed E-state index contributed by atoms with van der Waals surface area (Å²) >= 11 is 0. The standard InChI is InChI=1S/C22H35NO2/c24-22(25)13-8-12-20-14-16-21(17-15-20)23-18-7-2-1-4-9-19-10-5-3-6-11-19/h14-17,19,23H,1-13,18H2,(H,24,25). The fourth-order valence-electron chi connectivity index (χ4n) is 3.85. The number of aryl methyl sites for hydroxylation is 1. The van der Waals surface area contributed by atoms with Crippen molar-refractivity contribution in [2.75, 3.05) is 11.9 Å². The van der Waals surface area contributed by atoms with Crippen LogP contribution in [-0.2, 0) is 11.2 Å². The van der Waals surface area contributed by atoms with Crippen molar-refractivity contribution in [3.8, 4) is 0 Å². The fourth-order valence-corrected chi connectivity index (χ4v) is 3.85. The minimum Gasteiger partial charge on any atom is -0.481 e. The molecule has 1 aromatic carbocycles. The van der Waals surface area contributed by atoms with Crippen LogP contribution in [0.25, 0.3) is 0 Å². The van der Waals surface area contributed by atoms with Crippen LogP contribution in [0.5, 0.6) is 0 Å². The molecule has 1 saturated carbocycles. The molecule has 0 aromatic heterocycles. The van der Waals surface area contributed by atoms with Gasteiger partial charge in [0.05, 0.1) is 0 Å². The van der Waals surface area contributed by atoms with Crippen molar-refractivity contribution >= 4 is 11.7 Å². The average molecular weight is 346 g/mol. The fraction of sp³-hybridized carbons (Fsp3) is 0.682. The van der Waals surface area contributed by atoms with E-state index in [1.807, 2.05) is 0 Å². The van der Waals surface area contributed by atoms with E-state index in [9.17, 15) is 4.79 Å². The Kier molecular flexibility index (Phi) is 9.46. The number of benzene rings is 1. The van der Waals surface area contributed by atoms with E-state index in [1.165, 1.54) is 75.5 Å². The highest BCUT2D eigenvalue weighted by Gasteiger charge is 2.12. The number of unbranched alkanes of at least 4 members (excludes halogenated alkanes) is 3. The molecule has 140 valence electrons. The number of hydrogen-bond donors (Lipinski definition) is 2. The Labute approximate surface area is 153 Å². The number of carbonyl (C=O) groups is 1. The molecule has 1 aliphatic rings. The molecule has 1 fully saturated rings. The Morgan fingerprint density at radius 1 is 0.960 bits per heavy atom. The molecule has 0 atom stereocenters. The van der Waals surface area contributed by atoms with Crippen molar-refractivity contribution in [2.24, 2.45) is 5.92 Å². The van der Waals surface area contributed by atoms with Gasteiger partial charge in [-0.2, -0.15) is 0 Å². The van der Waals surface area contributed by atoms with E-state index in [2.05, 4.69) is 29.6 Å². The lowest BCUT2D eigenvalue weighted by atomic mass is 9.85. The van der Waals surface area contributed by atoms with E-state index < -0.39 is 5.97 Å². The van der Waals surface area contributed by atoms with Gasteiger partial charge in [-0.15, -0.1) is 0 Å². The van der Waals surface area contributed by atoms with Crippen LogP contribution in [-0.4, -0.2) is 17.6 Å². The van der Waals surface area contributed by atoms with Gasteiger partial charge in [0, 0.05) is 18.7 Å². The minimum atomic E-state index is -0.711. The van der Waals surface area contributed by atoms with Crippen LogP contribution >= 0.6 is 0 Å². The second kappa shape index (κ2) is 11.9. The molecule has 0 bridgehead atoms. The minimum absolute atomic E-state index is 0.251. The molecule has 0 heterocycles. The Morgan fingerprint density at radius 3 is 2.40 bits per heavy atom. The number of carboxylic acid groups (broad SMARTS) is 1. The van der Waals surface area contributed by atoms with Gasteiger partial charge in [-0.05, 0) is 42.9 Å². The van der Waals surface area contributed by atoms with Gasteiger partial charge >= 0.3 is 5.97 Å². The lowest BCUT2D eigenvalue weighted by molar-refractivity contribution is -0.137. The van der Waals surface area contributed by atoms with Crippen LogP contribution in [0.2, 0.25) is 0 Å². The summed E-state index contributed by atoms with van der Waals surface area (Å²) in [5.74, 6) is 0.318. The van der Waals surface area contributed by atoms with Gasteiger partial charge in [0.1, 0.15) is 0 Å². The largest absolute Gasteiger partial charge is 0.481 e. The lowest BCUT2D eigenvalue weighted by Gasteiger charge is -2.21. The average Bonchev–Trinajstić information content (AvgIpc) is 2.63. The number of carboxylic acids is 1. The van der Waals surface area contributed by atoms with E-state index in [4.69, 9.17) is 5.11 Å². The second-order valence-electron chi connectivity index (χ2n) is 7.58. The van der Waals surface area contributed by atoms with Crippen molar-refractivity contribution in [1.29, 1.82) is 0 Å². The van der Waals surface area contributed by atoms with Gasteiger partial charge in [-0.25, -0.2) is 0 Å². The van der Waals surface area contributed by atoms with Gasteiger partial charge in [-0.1, -0.05) is 69.9 Å². The van der Waals surface area contributed by atoms with Crippen molar-refractivity contribution in [3.05, 3.63) is 29.8 Å². The second-order valence-corrected chi connectivity index (χ2v) is 7.58. The summed E-state index contributed by atoms with van der Waals surface area (Å²) in [6.07, 6.45) is 16.0. The summed E-state index contributed by atoms with van der Waals surface area (Å²) in [6, 6.07) is 8.43. The lowest BCUT2D eigenvalue weighted by Crippen LogP contribution is -2.06. The zero-order chi connectivity index (χ0) is 17.7. The number of anilines is 1. The number of aliphatic carboxylic acids is 1. The molecule has 1 aliphatic carbocycles. The van der Waals surface area contributed by atoms with Crippen molar-refractivity contribution < 1.29 is 9.90 Å². The van der Waals surface area contributed by atoms with Gasteiger partial charge < -0.3 is 10.4 Å². The number of hydrogen-bond acceptors (Lipinski definition) is 2. The van der Waals surface area contributed by atoms with Gasteiger partial charge in [0.2, 0.25) is 0 Å². The molecule has 1 aromatic rings. The van der Waals surface area contributed by atoms with Crippen LogP contribution in [0.1, 0.15) is 82.6 Å². The summed E-state index contributed by atoms with van der Waals surface area (Å²) < 4.78 is 0. The molecule has 0 aliphatic heterocycles. The predicted molar refractivity (Wildman–Crippen MR) is 105 cm³/mol. The van der Waals surface area contributed by atoms with Gasteiger partial charge in [-0.3, -0.25) is 4.79 Å². The SMILES string of the molecule is O=C(O)CCCc1ccc(NCCCCCCC2CCCCC2)cc1. The highest BCUT2D eigenvalue weighted by Crippen LogP contribution is 2.28. The third-order valence-corrected chi connectivity index (χ3v) is 5.40. The molecule has 3 heteroatoms. The zero-order valence-corrected chi connectivity index (χ0v) is 15.6. The monoisotopic (exact) mass is 345 g/mol. The van der Waals surface area contributed by atoms with Crippen LogP contribution in [0.15, 0.2) is 24.3 Å². The summed E-state index contributed by atoms with van der Waals surface area (Å²) in [6.45, 7) is 1.04. The topological polar surface area (TPSA) is 49.3 Å². The summed E-state index contributed by atoms with van der Waals surface area (Å²) in [4.78, 5) is 10.5. The molecule has 2 N–H and O–H groups in total. The highest BCUT2D eigenvalue weighted by atomic mass is 16.4. The third kappa shape index (κ3) is 8.94.